The van der Waals surface area contributed by atoms with Gasteiger partial charge in [-0.05, 0) is 61.4 Å². The van der Waals surface area contributed by atoms with Crippen LogP contribution in [-0.4, -0.2) is 67.0 Å². The molecule has 3 aromatic carbocycles. The Morgan fingerprint density at radius 3 is 2.48 bits per heavy atom. The van der Waals surface area contributed by atoms with E-state index in [1.807, 2.05) is 65.7 Å². The molecule has 2 N–H and O–H groups in total. The third-order valence-electron chi connectivity index (χ3n) is 7.64. The zero-order chi connectivity index (χ0) is 31.1. The molecule has 2 amide bonds. The fourth-order valence-corrected chi connectivity index (χ4v) is 5.27. The van der Waals surface area contributed by atoms with Gasteiger partial charge in [0, 0.05) is 31.7 Å². The SMILES string of the molecule is CCCCCN(NCCc1ccc(O)c(OC)c1)C(=O)CCOC(=O)N(c1ccccc1-c1ccccc1)N1CC[CH]CC1. The average molecular weight is 602 g/mol. The second kappa shape index (κ2) is 17.3. The molecular weight excluding hydrogens is 556 g/mol. The van der Waals surface area contributed by atoms with Crippen LogP contribution in [0.25, 0.3) is 11.1 Å². The topological polar surface area (TPSA) is 94.6 Å². The van der Waals surface area contributed by atoms with Gasteiger partial charge in [0.2, 0.25) is 5.91 Å². The minimum Gasteiger partial charge on any atom is -0.504 e. The van der Waals surface area contributed by atoms with Crippen LogP contribution in [0, 0.1) is 6.42 Å². The average Bonchev–Trinajstić information content (AvgIpc) is 3.06. The number of carbonyl (C=O) groups excluding carboxylic acids is 2. The van der Waals surface area contributed by atoms with Gasteiger partial charge in [-0.25, -0.2) is 20.2 Å². The number of unbranched alkanes of at least 4 members (excludes halogenated alkanes) is 2. The molecule has 9 nitrogen and oxygen atoms in total. The Morgan fingerprint density at radius 1 is 0.977 bits per heavy atom. The van der Waals surface area contributed by atoms with E-state index in [4.69, 9.17) is 9.47 Å². The molecule has 1 heterocycles. The highest BCUT2D eigenvalue weighted by Crippen LogP contribution is 2.33. The Hall–Kier alpha value is -4.08. The van der Waals surface area contributed by atoms with E-state index in [2.05, 4.69) is 18.8 Å². The molecule has 1 saturated heterocycles. The highest BCUT2D eigenvalue weighted by Gasteiger charge is 2.28. The molecule has 9 heteroatoms. The lowest BCUT2D eigenvalue weighted by Crippen LogP contribution is -2.50. The molecule has 0 saturated carbocycles. The molecule has 0 unspecified atom stereocenters. The van der Waals surface area contributed by atoms with Gasteiger partial charge in [-0.3, -0.25) is 9.80 Å². The molecule has 0 aromatic heterocycles. The van der Waals surface area contributed by atoms with Crippen molar-refractivity contribution >= 4 is 17.7 Å². The molecule has 0 aliphatic carbocycles. The van der Waals surface area contributed by atoms with E-state index < -0.39 is 6.09 Å². The maximum absolute atomic E-state index is 13.7. The van der Waals surface area contributed by atoms with Crippen molar-refractivity contribution in [3.05, 3.63) is 84.8 Å². The monoisotopic (exact) mass is 601 g/mol. The number of phenols is 1. The van der Waals surface area contributed by atoms with Crippen LogP contribution in [0.1, 0.15) is 51.0 Å². The first kappa shape index (κ1) is 32.8. The number of rotatable bonds is 15. The number of nitrogens with zero attached hydrogens (tertiary/aromatic N) is 3. The zero-order valence-electron chi connectivity index (χ0n) is 25.9. The number of carbonyl (C=O) groups is 2. The maximum Gasteiger partial charge on any atom is 0.429 e. The molecular formula is C35H45N4O5. The number of amides is 2. The Bertz CT molecular complexity index is 1330. The number of ether oxygens (including phenoxy) is 2. The van der Waals surface area contributed by atoms with Crippen molar-refractivity contribution in [3.8, 4) is 22.6 Å². The summed E-state index contributed by atoms with van der Waals surface area (Å²) >= 11 is 0. The number of aromatic hydroxyl groups is 1. The number of methoxy groups -OCH3 is 1. The molecule has 235 valence electrons. The normalized spacial score (nSPS) is 13.3. The highest BCUT2D eigenvalue weighted by atomic mass is 16.6. The van der Waals surface area contributed by atoms with Crippen molar-refractivity contribution in [2.24, 2.45) is 0 Å². The largest absolute Gasteiger partial charge is 0.504 e. The zero-order valence-corrected chi connectivity index (χ0v) is 25.9. The number of hydrogen-bond donors (Lipinski definition) is 2. The number of phenolic OH excluding ortho intramolecular Hbond substituents is 1. The summed E-state index contributed by atoms with van der Waals surface area (Å²) in [6.45, 7) is 4.61. The van der Waals surface area contributed by atoms with Crippen LogP contribution in [-0.2, 0) is 16.0 Å². The molecule has 1 radical (unpaired) electrons. The first-order chi connectivity index (χ1) is 21.5. The molecule has 3 aromatic rings. The molecule has 1 aliphatic heterocycles. The van der Waals surface area contributed by atoms with Gasteiger partial charge >= 0.3 is 6.09 Å². The smallest absolute Gasteiger partial charge is 0.429 e. The number of piperidine rings is 1. The number of hydrogen-bond acceptors (Lipinski definition) is 7. The van der Waals surface area contributed by atoms with Crippen LogP contribution in [0.2, 0.25) is 0 Å². The first-order valence-corrected chi connectivity index (χ1v) is 15.6. The van der Waals surface area contributed by atoms with Crippen LogP contribution in [0.15, 0.2) is 72.8 Å². The summed E-state index contributed by atoms with van der Waals surface area (Å²) in [5.41, 5.74) is 6.95. The van der Waals surface area contributed by atoms with Crippen molar-refractivity contribution in [2.75, 3.05) is 44.9 Å². The first-order valence-electron chi connectivity index (χ1n) is 15.6. The molecule has 0 spiro atoms. The van der Waals surface area contributed by atoms with Crippen molar-refractivity contribution in [2.45, 2.75) is 51.9 Å². The molecule has 0 bridgehead atoms. The number of hydrazine groups is 2. The standard InChI is InChI=1S/C35H45N4O5/c1-3-4-11-25-38(36-22-20-28-18-19-32(40)33(27-28)43-2)34(41)21-26-44-35(42)39(37-23-12-6-13-24-37)31-17-10-9-16-30(31)29-14-7-5-8-15-29/h5-10,14-19,27,36,40H,3-4,11-13,20-26H2,1-2H3. The lowest BCUT2D eigenvalue weighted by atomic mass is 10.0. The Labute approximate surface area is 261 Å². The van der Waals surface area contributed by atoms with Crippen molar-refractivity contribution in [1.82, 2.24) is 15.4 Å². The molecule has 4 rings (SSSR count). The summed E-state index contributed by atoms with van der Waals surface area (Å²) in [5.74, 6) is 0.389. The minimum absolute atomic E-state index is 0.0250. The van der Waals surface area contributed by atoms with E-state index in [-0.39, 0.29) is 24.7 Å². The van der Waals surface area contributed by atoms with E-state index in [1.54, 1.807) is 22.2 Å². The summed E-state index contributed by atoms with van der Waals surface area (Å²) in [6.07, 6.45) is 7.15. The number of para-hydroxylation sites is 1. The van der Waals surface area contributed by atoms with E-state index in [9.17, 15) is 14.7 Å². The summed E-state index contributed by atoms with van der Waals surface area (Å²) < 4.78 is 11.0. The summed E-state index contributed by atoms with van der Waals surface area (Å²) in [7, 11) is 1.52. The Kier molecular flexibility index (Phi) is 12.9. The van der Waals surface area contributed by atoms with Crippen LogP contribution >= 0.6 is 0 Å². The van der Waals surface area contributed by atoms with Gasteiger partial charge in [0.1, 0.15) is 6.61 Å². The predicted molar refractivity (Wildman–Crippen MR) is 173 cm³/mol. The Balaban J connectivity index is 1.39. The lowest BCUT2D eigenvalue weighted by molar-refractivity contribution is -0.135. The van der Waals surface area contributed by atoms with Gasteiger partial charge in [0.05, 0.1) is 19.2 Å². The highest BCUT2D eigenvalue weighted by molar-refractivity contribution is 5.93. The van der Waals surface area contributed by atoms with Gasteiger partial charge in [0.25, 0.3) is 0 Å². The van der Waals surface area contributed by atoms with Crippen molar-refractivity contribution in [3.63, 3.8) is 0 Å². The Morgan fingerprint density at radius 2 is 1.73 bits per heavy atom. The maximum atomic E-state index is 13.7. The van der Waals surface area contributed by atoms with Gasteiger partial charge < -0.3 is 14.6 Å². The van der Waals surface area contributed by atoms with Gasteiger partial charge in [-0.2, -0.15) is 0 Å². The number of benzene rings is 3. The fourth-order valence-electron chi connectivity index (χ4n) is 5.27. The molecule has 1 fully saturated rings. The van der Waals surface area contributed by atoms with Crippen molar-refractivity contribution in [1.29, 1.82) is 0 Å². The fraction of sp³-hybridized carbons (Fsp3) is 0.400. The van der Waals surface area contributed by atoms with Crippen LogP contribution in [0.3, 0.4) is 0 Å². The predicted octanol–water partition coefficient (Wildman–Crippen LogP) is 6.38. The van der Waals surface area contributed by atoms with Gasteiger partial charge in [-0.15, -0.1) is 0 Å². The van der Waals surface area contributed by atoms with E-state index >= 15 is 0 Å². The third kappa shape index (κ3) is 9.21. The molecule has 1 aliphatic rings. The summed E-state index contributed by atoms with van der Waals surface area (Å²) in [6, 6.07) is 23.1. The minimum atomic E-state index is -0.491. The quantitative estimate of drug-likeness (QED) is 0.154. The van der Waals surface area contributed by atoms with Crippen LogP contribution in [0.4, 0.5) is 10.5 Å². The van der Waals surface area contributed by atoms with E-state index in [1.165, 1.54) is 7.11 Å². The van der Waals surface area contributed by atoms with E-state index in [0.29, 0.717) is 38.3 Å². The van der Waals surface area contributed by atoms with Gasteiger partial charge in [-0.1, -0.05) is 74.4 Å². The number of anilines is 1. The summed E-state index contributed by atoms with van der Waals surface area (Å²) in [5, 5.41) is 15.2. The van der Waals surface area contributed by atoms with Crippen LogP contribution in [0.5, 0.6) is 11.5 Å². The second-order valence-corrected chi connectivity index (χ2v) is 10.8. The van der Waals surface area contributed by atoms with Gasteiger partial charge in [0.15, 0.2) is 11.5 Å². The summed E-state index contributed by atoms with van der Waals surface area (Å²) in [4.78, 5) is 27.0. The van der Waals surface area contributed by atoms with E-state index in [0.717, 1.165) is 54.5 Å². The molecule has 0 atom stereocenters. The second-order valence-electron chi connectivity index (χ2n) is 10.8. The number of nitrogens with one attached hydrogen (secondary N) is 1. The van der Waals surface area contributed by atoms with Crippen LogP contribution < -0.4 is 15.2 Å². The third-order valence-corrected chi connectivity index (χ3v) is 7.64. The van der Waals surface area contributed by atoms with Crippen molar-refractivity contribution < 1.29 is 24.2 Å². The molecule has 44 heavy (non-hydrogen) atoms. The lowest BCUT2D eigenvalue weighted by Gasteiger charge is -2.37.